The summed E-state index contributed by atoms with van der Waals surface area (Å²) in [5.74, 6) is 2.24. The Hall–Kier alpha value is -1.46. The summed E-state index contributed by atoms with van der Waals surface area (Å²) in [6.45, 7) is 7.13. The second-order valence-electron chi connectivity index (χ2n) is 6.59. The zero-order valence-corrected chi connectivity index (χ0v) is 16.1. The van der Waals surface area contributed by atoms with E-state index in [1.807, 2.05) is 19.1 Å². The predicted octanol–water partition coefficient (Wildman–Crippen LogP) is 3.39. The van der Waals surface area contributed by atoms with Crippen LogP contribution in [0.1, 0.15) is 38.7 Å². The van der Waals surface area contributed by atoms with Crippen molar-refractivity contribution >= 4 is 17.5 Å². The molecule has 6 heteroatoms. The van der Waals surface area contributed by atoms with Crippen LogP contribution in [0.4, 0.5) is 0 Å². The molecule has 140 valence electrons. The monoisotopic (exact) mass is 368 g/mol. The lowest BCUT2D eigenvalue weighted by Crippen LogP contribution is -2.33. The van der Waals surface area contributed by atoms with Gasteiger partial charge in [-0.05, 0) is 62.4 Å². The summed E-state index contributed by atoms with van der Waals surface area (Å²) < 4.78 is 10.9. The Morgan fingerprint density at radius 2 is 2.12 bits per heavy atom. The van der Waals surface area contributed by atoms with Gasteiger partial charge in [0, 0.05) is 13.0 Å². The van der Waals surface area contributed by atoms with Crippen molar-refractivity contribution in [1.29, 1.82) is 0 Å². The Bertz CT molecular complexity index is 574. The van der Waals surface area contributed by atoms with Gasteiger partial charge in [0.05, 0.1) is 18.7 Å². The van der Waals surface area contributed by atoms with Crippen molar-refractivity contribution in [2.45, 2.75) is 39.7 Å². The number of piperidine rings is 1. The fraction of sp³-hybridized carbons (Fsp3) is 0.632. The number of benzene rings is 1. The van der Waals surface area contributed by atoms with Crippen LogP contribution in [0.3, 0.4) is 0 Å². The zero-order chi connectivity index (χ0) is 18.2. The third-order valence-electron chi connectivity index (χ3n) is 4.76. The Labute approximate surface area is 155 Å². The third kappa shape index (κ3) is 5.79. The number of rotatable bonds is 8. The average Bonchev–Trinajstić information content (AvgIpc) is 2.62. The molecule has 0 spiro atoms. The molecule has 0 radical (unpaired) electrons. The topological polar surface area (TPSA) is 59.6 Å². The highest BCUT2D eigenvalue weighted by Crippen LogP contribution is 2.36. The molecule has 1 aromatic carbocycles. The molecular weight excluding hydrogens is 340 g/mol. The normalized spacial score (nSPS) is 16.3. The van der Waals surface area contributed by atoms with Gasteiger partial charge in [0.2, 0.25) is 5.91 Å². The smallest absolute Gasteiger partial charge is 0.220 e. The quantitative estimate of drug-likeness (QED) is 0.738. The Kier molecular flexibility index (Phi) is 7.85. The highest BCUT2D eigenvalue weighted by atomic mass is 35.5. The van der Waals surface area contributed by atoms with Crippen molar-refractivity contribution in [3.8, 4) is 11.5 Å². The predicted molar refractivity (Wildman–Crippen MR) is 100 cm³/mol. The molecule has 5 nitrogen and oxygen atoms in total. The standard InChI is InChI=1S/C19H29ClN2O3/c1-4-25-19-16(20)10-14(11-17(19)24-3)12-22-18(23)9-13(2)15-5-7-21-8-6-15/h10-11,13,15,21H,4-9,12H2,1-3H3,(H,22,23). The molecule has 1 aliphatic rings. The molecule has 2 N–H and O–H groups in total. The summed E-state index contributed by atoms with van der Waals surface area (Å²) in [6, 6.07) is 3.67. The van der Waals surface area contributed by atoms with Crippen molar-refractivity contribution < 1.29 is 14.3 Å². The van der Waals surface area contributed by atoms with Gasteiger partial charge < -0.3 is 20.1 Å². The van der Waals surface area contributed by atoms with Crippen LogP contribution in [0.2, 0.25) is 5.02 Å². The van der Waals surface area contributed by atoms with Crippen molar-refractivity contribution in [1.82, 2.24) is 10.6 Å². The molecule has 1 unspecified atom stereocenters. The number of carbonyl (C=O) groups is 1. The average molecular weight is 369 g/mol. The van der Waals surface area contributed by atoms with Gasteiger partial charge in [-0.1, -0.05) is 18.5 Å². The first-order chi connectivity index (χ1) is 12.0. The van der Waals surface area contributed by atoms with Gasteiger partial charge in [-0.15, -0.1) is 0 Å². The maximum atomic E-state index is 12.3. The molecule has 1 fully saturated rings. The minimum Gasteiger partial charge on any atom is -0.493 e. The molecule has 1 amide bonds. The molecule has 1 heterocycles. The largest absolute Gasteiger partial charge is 0.493 e. The van der Waals surface area contributed by atoms with Gasteiger partial charge in [0.1, 0.15) is 0 Å². The summed E-state index contributed by atoms with van der Waals surface area (Å²) in [7, 11) is 1.58. The van der Waals surface area contributed by atoms with Gasteiger partial charge >= 0.3 is 0 Å². The molecule has 0 saturated carbocycles. The van der Waals surface area contributed by atoms with E-state index in [-0.39, 0.29) is 5.91 Å². The van der Waals surface area contributed by atoms with Crippen LogP contribution in [0.15, 0.2) is 12.1 Å². The SMILES string of the molecule is CCOc1c(Cl)cc(CNC(=O)CC(C)C2CCNCC2)cc1OC. The molecule has 0 aromatic heterocycles. The van der Waals surface area contributed by atoms with Crippen molar-refractivity contribution in [2.24, 2.45) is 11.8 Å². The van der Waals surface area contributed by atoms with E-state index in [0.717, 1.165) is 31.5 Å². The molecular formula is C19H29ClN2O3. The fourth-order valence-corrected chi connectivity index (χ4v) is 3.59. The van der Waals surface area contributed by atoms with Crippen molar-refractivity contribution in [3.63, 3.8) is 0 Å². The first-order valence-electron chi connectivity index (χ1n) is 9.01. The van der Waals surface area contributed by atoms with Gasteiger partial charge in [-0.25, -0.2) is 0 Å². The molecule has 1 aliphatic heterocycles. The van der Waals surface area contributed by atoms with Crippen LogP contribution in [0.5, 0.6) is 11.5 Å². The number of amides is 1. The van der Waals surface area contributed by atoms with Crippen LogP contribution in [-0.2, 0) is 11.3 Å². The number of nitrogens with one attached hydrogen (secondary N) is 2. The van der Waals surface area contributed by atoms with Crippen molar-refractivity contribution in [2.75, 3.05) is 26.8 Å². The molecule has 2 rings (SSSR count). The van der Waals surface area contributed by atoms with Crippen LogP contribution in [-0.4, -0.2) is 32.7 Å². The van der Waals surface area contributed by atoms with E-state index in [1.54, 1.807) is 7.11 Å². The maximum absolute atomic E-state index is 12.3. The molecule has 1 atom stereocenters. The van der Waals surface area contributed by atoms with Gasteiger partial charge in [-0.2, -0.15) is 0 Å². The number of halogens is 1. The molecule has 1 saturated heterocycles. The second-order valence-corrected chi connectivity index (χ2v) is 6.99. The van der Waals surface area contributed by atoms with E-state index in [1.165, 1.54) is 0 Å². The van der Waals surface area contributed by atoms with E-state index in [9.17, 15) is 4.79 Å². The summed E-state index contributed by atoms with van der Waals surface area (Å²) in [4.78, 5) is 12.3. The number of hydrogen-bond acceptors (Lipinski definition) is 4. The van der Waals surface area contributed by atoms with Gasteiger partial charge in [-0.3, -0.25) is 4.79 Å². The highest BCUT2D eigenvalue weighted by Gasteiger charge is 2.22. The Morgan fingerprint density at radius 1 is 1.40 bits per heavy atom. The lowest BCUT2D eigenvalue weighted by molar-refractivity contribution is -0.122. The molecule has 0 aliphatic carbocycles. The molecule has 0 bridgehead atoms. The maximum Gasteiger partial charge on any atom is 0.220 e. The summed E-state index contributed by atoms with van der Waals surface area (Å²) in [5, 5.41) is 6.85. The zero-order valence-electron chi connectivity index (χ0n) is 15.4. The lowest BCUT2D eigenvalue weighted by atomic mass is 9.84. The number of hydrogen-bond donors (Lipinski definition) is 2. The van der Waals surface area contributed by atoms with Gasteiger partial charge in [0.25, 0.3) is 0 Å². The fourth-order valence-electron chi connectivity index (χ4n) is 3.30. The Morgan fingerprint density at radius 3 is 2.76 bits per heavy atom. The minimum atomic E-state index is 0.0787. The van der Waals surface area contributed by atoms with E-state index in [0.29, 0.717) is 47.9 Å². The summed E-state index contributed by atoms with van der Waals surface area (Å²) in [6.07, 6.45) is 2.87. The van der Waals surface area contributed by atoms with Crippen LogP contribution < -0.4 is 20.1 Å². The van der Waals surface area contributed by atoms with Crippen molar-refractivity contribution in [3.05, 3.63) is 22.7 Å². The van der Waals surface area contributed by atoms with Crippen LogP contribution in [0.25, 0.3) is 0 Å². The number of ether oxygens (including phenoxy) is 2. The third-order valence-corrected chi connectivity index (χ3v) is 5.04. The second kappa shape index (κ2) is 9.88. The first kappa shape index (κ1) is 19.9. The molecule has 25 heavy (non-hydrogen) atoms. The highest BCUT2D eigenvalue weighted by molar-refractivity contribution is 6.32. The lowest BCUT2D eigenvalue weighted by Gasteiger charge is -2.27. The van der Waals surface area contributed by atoms with E-state index in [4.69, 9.17) is 21.1 Å². The van der Waals surface area contributed by atoms with E-state index >= 15 is 0 Å². The summed E-state index contributed by atoms with van der Waals surface area (Å²) >= 11 is 6.27. The molecule has 1 aromatic rings. The minimum absolute atomic E-state index is 0.0787. The van der Waals surface area contributed by atoms with E-state index < -0.39 is 0 Å². The van der Waals surface area contributed by atoms with Gasteiger partial charge in [0.15, 0.2) is 11.5 Å². The van der Waals surface area contributed by atoms with E-state index in [2.05, 4.69) is 17.6 Å². The van der Waals surface area contributed by atoms with Crippen LogP contribution in [0, 0.1) is 11.8 Å². The number of methoxy groups -OCH3 is 1. The Balaban J connectivity index is 1.89. The first-order valence-corrected chi connectivity index (χ1v) is 9.39. The van der Waals surface area contributed by atoms with Crippen LogP contribution >= 0.6 is 11.6 Å². The number of carbonyl (C=O) groups excluding carboxylic acids is 1. The summed E-state index contributed by atoms with van der Waals surface area (Å²) in [5.41, 5.74) is 0.896.